The van der Waals surface area contributed by atoms with Crippen LogP contribution in [0.15, 0.2) is 29.2 Å². The summed E-state index contributed by atoms with van der Waals surface area (Å²) in [7, 11) is -3.46. The van der Waals surface area contributed by atoms with Gasteiger partial charge in [0.2, 0.25) is 15.9 Å². The van der Waals surface area contributed by atoms with Crippen LogP contribution in [0.2, 0.25) is 0 Å². The number of nitrogens with one attached hydrogen (secondary N) is 1. The highest BCUT2D eigenvalue weighted by atomic mass is 32.2. The summed E-state index contributed by atoms with van der Waals surface area (Å²) in [5.41, 5.74) is 0.620. The molecule has 0 spiro atoms. The number of hydrogen-bond acceptors (Lipinski definition) is 3. The third-order valence-electron chi connectivity index (χ3n) is 3.20. The van der Waals surface area contributed by atoms with E-state index in [1.54, 1.807) is 24.3 Å². The van der Waals surface area contributed by atoms with Crippen LogP contribution >= 0.6 is 0 Å². The second-order valence-electron chi connectivity index (χ2n) is 5.23. The maximum atomic E-state index is 12.6. The van der Waals surface area contributed by atoms with Crippen LogP contribution in [0, 0.1) is 0 Å². The van der Waals surface area contributed by atoms with E-state index >= 15 is 0 Å². The fraction of sp³-hybridized carbons (Fsp3) is 0.562. The van der Waals surface area contributed by atoms with Crippen molar-refractivity contribution in [2.45, 2.75) is 51.3 Å². The van der Waals surface area contributed by atoms with Crippen LogP contribution in [0.1, 0.15) is 46.5 Å². The quantitative estimate of drug-likeness (QED) is 0.757. The molecule has 1 aromatic carbocycles. The Morgan fingerprint density at radius 3 is 2.00 bits per heavy atom. The zero-order chi connectivity index (χ0) is 16.6. The molecule has 0 unspecified atom stereocenters. The molecule has 0 aliphatic heterocycles. The van der Waals surface area contributed by atoms with Gasteiger partial charge in [0, 0.05) is 25.2 Å². The van der Waals surface area contributed by atoms with E-state index < -0.39 is 10.0 Å². The topological polar surface area (TPSA) is 66.5 Å². The van der Waals surface area contributed by atoms with E-state index in [-0.39, 0.29) is 10.8 Å². The van der Waals surface area contributed by atoms with Gasteiger partial charge in [-0.1, -0.05) is 20.8 Å². The summed E-state index contributed by atoms with van der Waals surface area (Å²) >= 11 is 0. The van der Waals surface area contributed by atoms with Gasteiger partial charge < -0.3 is 5.32 Å². The summed E-state index contributed by atoms with van der Waals surface area (Å²) in [6, 6.07) is 6.37. The van der Waals surface area contributed by atoms with E-state index in [2.05, 4.69) is 5.32 Å². The van der Waals surface area contributed by atoms with Crippen LogP contribution < -0.4 is 5.32 Å². The number of benzene rings is 1. The van der Waals surface area contributed by atoms with Gasteiger partial charge in [-0.05, 0) is 43.5 Å². The molecule has 0 saturated heterocycles. The maximum absolute atomic E-state index is 12.6. The molecule has 0 bridgehead atoms. The molecule has 1 N–H and O–H groups in total. The summed E-state index contributed by atoms with van der Waals surface area (Å²) < 4.78 is 26.7. The van der Waals surface area contributed by atoms with E-state index in [1.807, 2.05) is 20.8 Å². The van der Waals surface area contributed by atoms with Crippen molar-refractivity contribution >= 4 is 21.6 Å². The van der Waals surface area contributed by atoms with Gasteiger partial charge in [0.25, 0.3) is 0 Å². The Kier molecular flexibility index (Phi) is 7.55. The Hall–Kier alpha value is -1.40. The zero-order valence-corrected chi connectivity index (χ0v) is 14.4. The van der Waals surface area contributed by atoms with Gasteiger partial charge >= 0.3 is 0 Å². The van der Waals surface area contributed by atoms with Gasteiger partial charge in [-0.15, -0.1) is 0 Å². The van der Waals surface area contributed by atoms with E-state index in [1.165, 1.54) is 4.31 Å². The maximum Gasteiger partial charge on any atom is 0.243 e. The van der Waals surface area contributed by atoms with Crippen molar-refractivity contribution in [2.24, 2.45) is 0 Å². The first-order chi connectivity index (χ1) is 10.5. The molecule has 5 nitrogen and oxygen atoms in total. The van der Waals surface area contributed by atoms with Crippen LogP contribution in [0.4, 0.5) is 5.69 Å². The number of amides is 1. The Morgan fingerprint density at radius 1 is 1.00 bits per heavy atom. The Labute approximate surface area is 133 Å². The summed E-state index contributed by atoms with van der Waals surface area (Å²) in [5.74, 6) is -0.0586. The van der Waals surface area contributed by atoms with Crippen molar-refractivity contribution in [3.63, 3.8) is 0 Å². The summed E-state index contributed by atoms with van der Waals surface area (Å²) in [4.78, 5) is 11.8. The first kappa shape index (κ1) is 18.6. The molecule has 0 atom stereocenters. The second kappa shape index (κ2) is 8.90. The van der Waals surface area contributed by atoms with Crippen LogP contribution in [0.25, 0.3) is 0 Å². The molecule has 22 heavy (non-hydrogen) atoms. The van der Waals surface area contributed by atoms with Gasteiger partial charge in [0.1, 0.15) is 0 Å². The Balaban J connectivity index is 2.89. The van der Waals surface area contributed by atoms with E-state index in [9.17, 15) is 13.2 Å². The number of anilines is 1. The van der Waals surface area contributed by atoms with Gasteiger partial charge in [0.15, 0.2) is 0 Å². The average molecular weight is 326 g/mol. The normalized spacial score (nSPS) is 11.6. The van der Waals surface area contributed by atoms with Crippen molar-refractivity contribution in [1.82, 2.24) is 4.31 Å². The third kappa shape index (κ3) is 5.10. The fourth-order valence-electron chi connectivity index (χ4n) is 2.16. The largest absolute Gasteiger partial charge is 0.326 e. The third-order valence-corrected chi connectivity index (χ3v) is 5.11. The van der Waals surface area contributed by atoms with Crippen molar-refractivity contribution in [2.75, 3.05) is 18.4 Å². The monoisotopic (exact) mass is 326 g/mol. The fourth-order valence-corrected chi connectivity index (χ4v) is 3.78. The molecule has 0 radical (unpaired) electrons. The van der Waals surface area contributed by atoms with E-state index in [0.717, 1.165) is 19.3 Å². The van der Waals surface area contributed by atoms with Crippen LogP contribution in [0.3, 0.4) is 0 Å². The number of hydrogen-bond donors (Lipinski definition) is 1. The predicted molar refractivity (Wildman–Crippen MR) is 89.3 cm³/mol. The van der Waals surface area contributed by atoms with Crippen LogP contribution in [-0.4, -0.2) is 31.7 Å². The molecular weight excluding hydrogens is 300 g/mol. The van der Waals surface area contributed by atoms with Crippen molar-refractivity contribution in [3.8, 4) is 0 Å². The van der Waals surface area contributed by atoms with Crippen LogP contribution in [0.5, 0.6) is 0 Å². The number of nitrogens with zero attached hydrogens (tertiary/aromatic N) is 1. The molecule has 0 aliphatic rings. The Bertz CT molecular complexity index is 562. The molecule has 0 saturated carbocycles. The van der Waals surface area contributed by atoms with Gasteiger partial charge in [-0.25, -0.2) is 8.42 Å². The van der Waals surface area contributed by atoms with Gasteiger partial charge in [-0.2, -0.15) is 4.31 Å². The lowest BCUT2D eigenvalue weighted by Gasteiger charge is -2.21. The molecule has 0 aliphatic carbocycles. The molecule has 1 amide bonds. The zero-order valence-electron chi connectivity index (χ0n) is 13.6. The predicted octanol–water partition coefficient (Wildman–Crippen LogP) is 3.24. The molecular formula is C16H26N2O3S. The molecule has 0 aromatic heterocycles. The number of carbonyl (C=O) groups is 1. The number of rotatable bonds is 9. The van der Waals surface area contributed by atoms with Crippen molar-refractivity contribution < 1.29 is 13.2 Å². The van der Waals surface area contributed by atoms with Crippen LogP contribution in [-0.2, 0) is 14.8 Å². The molecule has 6 heteroatoms. The van der Waals surface area contributed by atoms with Gasteiger partial charge in [-0.3, -0.25) is 4.79 Å². The minimum absolute atomic E-state index is 0.0586. The average Bonchev–Trinajstić information content (AvgIpc) is 2.48. The second-order valence-corrected chi connectivity index (χ2v) is 7.16. The standard InChI is InChI=1S/C16H26N2O3S/c1-4-7-16(19)17-14-8-10-15(11-9-14)22(20,21)18(12-5-2)13-6-3/h8-11H,4-7,12-13H2,1-3H3,(H,17,19). The Morgan fingerprint density at radius 2 is 1.55 bits per heavy atom. The lowest BCUT2D eigenvalue weighted by molar-refractivity contribution is -0.116. The summed E-state index contributed by atoms with van der Waals surface area (Å²) in [6.45, 7) is 6.90. The first-order valence-electron chi connectivity index (χ1n) is 7.85. The lowest BCUT2D eigenvalue weighted by Crippen LogP contribution is -2.32. The minimum Gasteiger partial charge on any atom is -0.326 e. The highest BCUT2D eigenvalue weighted by Crippen LogP contribution is 2.19. The minimum atomic E-state index is -3.46. The molecule has 0 fully saturated rings. The highest BCUT2D eigenvalue weighted by molar-refractivity contribution is 7.89. The SMILES string of the molecule is CCCC(=O)Nc1ccc(S(=O)(=O)N(CCC)CCC)cc1. The smallest absolute Gasteiger partial charge is 0.243 e. The van der Waals surface area contributed by atoms with Crippen molar-refractivity contribution in [3.05, 3.63) is 24.3 Å². The molecule has 1 rings (SSSR count). The first-order valence-corrected chi connectivity index (χ1v) is 9.29. The summed E-state index contributed by atoms with van der Waals surface area (Å²) in [6.07, 6.45) is 2.80. The lowest BCUT2D eigenvalue weighted by atomic mass is 10.3. The van der Waals surface area contributed by atoms with E-state index in [4.69, 9.17) is 0 Å². The molecule has 124 valence electrons. The number of carbonyl (C=O) groups excluding carboxylic acids is 1. The molecule has 0 heterocycles. The molecule has 1 aromatic rings. The van der Waals surface area contributed by atoms with Crippen molar-refractivity contribution in [1.29, 1.82) is 0 Å². The summed E-state index contributed by atoms with van der Waals surface area (Å²) in [5, 5.41) is 2.75. The van der Waals surface area contributed by atoms with E-state index in [0.29, 0.717) is 25.2 Å². The number of sulfonamides is 1. The van der Waals surface area contributed by atoms with Gasteiger partial charge in [0.05, 0.1) is 4.90 Å². The highest BCUT2D eigenvalue weighted by Gasteiger charge is 2.22.